The van der Waals surface area contributed by atoms with Gasteiger partial charge in [0.2, 0.25) is 0 Å². The maximum atomic E-state index is 13.1. The summed E-state index contributed by atoms with van der Waals surface area (Å²) in [6, 6.07) is 17.6. The second kappa shape index (κ2) is 7.32. The molecule has 2 aromatic carbocycles. The highest BCUT2D eigenvalue weighted by molar-refractivity contribution is 7.10. The molecule has 0 aliphatic heterocycles. The number of hydrogen-bond acceptors (Lipinski definition) is 5. The molecule has 0 bridgehead atoms. The largest absolute Gasteiger partial charge is 0.398 e. The quantitative estimate of drug-likeness (QED) is 0.516. The van der Waals surface area contributed by atoms with Gasteiger partial charge in [0.05, 0.1) is 5.92 Å². The molecule has 1 aromatic heterocycles. The smallest absolute Gasteiger partial charge is 0.173 e. The van der Waals surface area contributed by atoms with Crippen LogP contribution in [0.25, 0.3) is 0 Å². The number of anilines is 2. The minimum atomic E-state index is -0.572. The molecular weight excluding hydrogens is 332 g/mol. The third-order valence-electron chi connectivity index (χ3n) is 4.08. The number of hydrogen-bond donors (Lipinski definition) is 2. The Kier molecular flexibility index (Phi) is 4.95. The number of thiophene rings is 1. The van der Waals surface area contributed by atoms with E-state index in [2.05, 4.69) is 0 Å². The Balaban J connectivity index is 1.94. The first-order chi connectivity index (χ1) is 12.1. The Labute approximate surface area is 150 Å². The van der Waals surface area contributed by atoms with Crippen LogP contribution in [-0.4, -0.2) is 11.6 Å². The lowest BCUT2D eigenvalue weighted by Crippen LogP contribution is -2.18. The number of nitrogen functional groups attached to an aromatic ring is 2. The van der Waals surface area contributed by atoms with Crippen molar-refractivity contribution in [1.82, 2.24) is 0 Å². The van der Waals surface area contributed by atoms with Crippen LogP contribution in [0.3, 0.4) is 0 Å². The third kappa shape index (κ3) is 3.61. The van der Waals surface area contributed by atoms with Crippen molar-refractivity contribution in [2.24, 2.45) is 0 Å². The van der Waals surface area contributed by atoms with E-state index in [0.29, 0.717) is 22.5 Å². The molecule has 1 unspecified atom stereocenters. The van der Waals surface area contributed by atoms with Gasteiger partial charge in [-0.3, -0.25) is 9.59 Å². The summed E-state index contributed by atoms with van der Waals surface area (Å²) in [6.45, 7) is 0. The van der Waals surface area contributed by atoms with Crippen molar-refractivity contribution >= 4 is 34.3 Å². The van der Waals surface area contributed by atoms with Crippen LogP contribution >= 0.6 is 11.3 Å². The average molecular weight is 350 g/mol. The van der Waals surface area contributed by atoms with Crippen molar-refractivity contribution in [3.63, 3.8) is 0 Å². The number of ketones is 2. The number of benzene rings is 2. The second-order valence-electron chi connectivity index (χ2n) is 5.73. The second-order valence-corrected chi connectivity index (χ2v) is 6.71. The molecule has 0 saturated heterocycles. The zero-order valence-electron chi connectivity index (χ0n) is 13.5. The van der Waals surface area contributed by atoms with E-state index in [1.165, 1.54) is 11.3 Å². The summed E-state index contributed by atoms with van der Waals surface area (Å²) in [4.78, 5) is 26.6. The fourth-order valence-electron chi connectivity index (χ4n) is 2.77. The predicted molar refractivity (Wildman–Crippen MR) is 102 cm³/mol. The van der Waals surface area contributed by atoms with Crippen LogP contribution in [0.4, 0.5) is 11.4 Å². The molecule has 0 saturated carbocycles. The van der Waals surface area contributed by atoms with Gasteiger partial charge in [0.15, 0.2) is 11.6 Å². The fourth-order valence-corrected chi connectivity index (χ4v) is 3.59. The van der Waals surface area contributed by atoms with E-state index in [-0.39, 0.29) is 18.0 Å². The predicted octanol–water partition coefficient (Wildman–Crippen LogP) is 4.15. The highest BCUT2D eigenvalue weighted by Crippen LogP contribution is 2.31. The van der Waals surface area contributed by atoms with E-state index in [1.54, 1.807) is 48.5 Å². The van der Waals surface area contributed by atoms with Gasteiger partial charge in [-0.1, -0.05) is 30.3 Å². The molecule has 0 fully saturated rings. The van der Waals surface area contributed by atoms with Gasteiger partial charge >= 0.3 is 0 Å². The summed E-state index contributed by atoms with van der Waals surface area (Å²) < 4.78 is 0. The van der Waals surface area contributed by atoms with E-state index in [4.69, 9.17) is 11.5 Å². The maximum Gasteiger partial charge on any atom is 0.173 e. The Morgan fingerprint density at radius 3 is 2.00 bits per heavy atom. The molecule has 3 rings (SSSR count). The maximum absolute atomic E-state index is 13.1. The van der Waals surface area contributed by atoms with E-state index in [9.17, 15) is 9.59 Å². The van der Waals surface area contributed by atoms with Crippen molar-refractivity contribution in [3.05, 3.63) is 82.0 Å². The van der Waals surface area contributed by atoms with Gasteiger partial charge in [0, 0.05) is 33.8 Å². The lowest BCUT2D eigenvalue weighted by molar-refractivity contribution is 0.0895. The van der Waals surface area contributed by atoms with Crippen LogP contribution in [0.1, 0.15) is 37.9 Å². The number of rotatable bonds is 6. The fraction of sp³-hybridized carbons (Fsp3) is 0.100. The molecule has 1 heterocycles. The number of carbonyl (C=O) groups excluding carboxylic acids is 2. The van der Waals surface area contributed by atoms with Crippen LogP contribution in [0.2, 0.25) is 0 Å². The first-order valence-corrected chi connectivity index (χ1v) is 8.75. The van der Waals surface area contributed by atoms with E-state index >= 15 is 0 Å². The Hall–Kier alpha value is -2.92. The SMILES string of the molecule is Nc1ccccc1C(=O)CC(C(=O)c1ccccc1N)c1cccs1. The molecule has 4 N–H and O–H groups in total. The normalized spacial score (nSPS) is 11.8. The standard InChI is InChI=1S/C20H18N2O2S/c21-16-8-3-1-6-13(16)18(23)12-15(19-10-5-11-25-19)20(24)14-7-2-4-9-17(14)22/h1-11,15H,12,21-22H2. The van der Waals surface area contributed by atoms with Gasteiger partial charge in [-0.2, -0.15) is 0 Å². The molecule has 0 amide bonds. The number of nitrogens with two attached hydrogens (primary N) is 2. The Bertz CT molecular complexity index is 904. The van der Waals surface area contributed by atoms with Gasteiger partial charge in [-0.15, -0.1) is 11.3 Å². The Morgan fingerprint density at radius 2 is 1.44 bits per heavy atom. The summed E-state index contributed by atoms with van der Waals surface area (Å²) in [5.41, 5.74) is 13.6. The molecule has 4 nitrogen and oxygen atoms in total. The summed E-state index contributed by atoms with van der Waals surface area (Å²) in [5, 5.41) is 1.89. The lowest BCUT2D eigenvalue weighted by Gasteiger charge is -2.15. The highest BCUT2D eigenvalue weighted by Gasteiger charge is 2.27. The average Bonchev–Trinajstić information content (AvgIpc) is 3.14. The molecule has 0 aliphatic rings. The van der Waals surface area contributed by atoms with Crippen molar-refractivity contribution in [3.8, 4) is 0 Å². The van der Waals surface area contributed by atoms with E-state index < -0.39 is 5.92 Å². The highest BCUT2D eigenvalue weighted by atomic mass is 32.1. The van der Waals surface area contributed by atoms with Crippen molar-refractivity contribution in [1.29, 1.82) is 0 Å². The molecule has 0 radical (unpaired) electrons. The van der Waals surface area contributed by atoms with Crippen LogP contribution < -0.4 is 11.5 Å². The van der Waals surface area contributed by atoms with Crippen LogP contribution in [0.5, 0.6) is 0 Å². The van der Waals surface area contributed by atoms with Crippen LogP contribution in [0, 0.1) is 0 Å². The molecule has 0 spiro atoms. The van der Waals surface area contributed by atoms with Crippen LogP contribution in [0.15, 0.2) is 66.0 Å². The van der Waals surface area contributed by atoms with Gasteiger partial charge in [0.25, 0.3) is 0 Å². The van der Waals surface area contributed by atoms with Crippen LogP contribution in [-0.2, 0) is 0 Å². The van der Waals surface area contributed by atoms with Crippen molar-refractivity contribution in [2.75, 3.05) is 11.5 Å². The monoisotopic (exact) mass is 350 g/mol. The zero-order chi connectivity index (χ0) is 17.8. The number of carbonyl (C=O) groups is 2. The van der Waals surface area contributed by atoms with E-state index in [0.717, 1.165) is 4.88 Å². The minimum Gasteiger partial charge on any atom is -0.398 e. The summed E-state index contributed by atoms with van der Waals surface area (Å²) in [7, 11) is 0. The van der Waals surface area contributed by atoms with Gasteiger partial charge < -0.3 is 11.5 Å². The third-order valence-corrected chi connectivity index (χ3v) is 5.07. The first kappa shape index (κ1) is 16.9. The summed E-state index contributed by atoms with van der Waals surface area (Å²) in [5.74, 6) is -0.875. The molecule has 25 heavy (non-hydrogen) atoms. The van der Waals surface area contributed by atoms with Gasteiger partial charge in [-0.05, 0) is 35.7 Å². The lowest BCUT2D eigenvalue weighted by atomic mass is 9.89. The molecule has 5 heteroatoms. The molecule has 126 valence electrons. The topological polar surface area (TPSA) is 86.2 Å². The summed E-state index contributed by atoms with van der Waals surface area (Å²) >= 11 is 1.46. The first-order valence-electron chi connectivity index (χ1n) is 7.87. The molecular formula is C20H18N2O2S. The van der Waals surface area contributed by atoms with Gasteiger partial charge in [-0.25, -0.2) is 0 Å². The molecule has 0 aliphatic carbocycles. The number of Topliss-reactive ketones (excluding diaryl/α,β-unsaturated/α-hetero) is 2. The van der Waals surface area contributed by atoms with Crippen molar-refractivity contribution < 1.29 is 9.59 Å². The zero-order valence-corrected chi connectivity index (χ0v) is 14.3. The molecule has 3 aromatic rings. The minimum absolute atomic E-state index is 0.0574. The Morgan fingerprint density at radius 1 is 0.840 bits per heavy atom. The summed E-state index contributed by atoms with van der Waals surface area (Å²) in [6.07, 6.45) is 0.0574. The van der Waals surface area contributed by atoms with Crippen molar-refractivity contribution in [2.45, 2.75) is 12.3 Å². The number of para-hydroxylation sites is 2. The van der Waals surface area contributed by atoms with E-state index in [1.807, 2.05) is 17.5 Å². The molecule has 1 atom stereocenters. The van der Waals surface area contributed by atoms with Gasteiger partial charge in [0.1, 0.15) is 0 Å².